The van der Waals surface area contributed by atoms with Gasteiger partial charge in [0.05, 0.1) is 6.54 Å². The Morgan fingerprint density at radius 3 is 2.72 bits per heavy atom. The molecule has 1 heterocycles. The summed E-state index contributed by atoms with van der Waals surface area (Å²) in [5.41, 5.74) is 1.21. The van der Waals surface area contributed by atoms with E-state index in [4.69, 9.17) is 11.6 Å². The van der Waals surface area contributed by atoms with Gasteiger partial charge in [-0.25, -0.2) is 0 Å². The molecule has 0 saturated carbocycles. The van der Waals surface area contributed by atoms with Gasteiger partial charge in [-0.3, -0.25) is 0 Å². The molecule has 1 atom stereocenters. The first-order valence-corrected chi connectivity index (χ1v) is 6.44. The maximum atomic E-state index is 5.87. The Labute approximate surface area is 112 Å². The average Bonchev–Trinajstić information content (AvgIpc) is 2.84. The Hall–Kier alpha value is -1.39. The van der Waals surface area contributed by atoms with Crippen molar-refractivity contribution in [1.29, 1.82) is 0 Å². The zero-order chi connectivity index (χ0) is 13.0. The molecule has 1 unspecified atom stereocenters. The highest BCUT2D eigenvalue weighted by Gasteiger charge is 2.07. The quantitative estimate of drug-likeness (QED) is 0.903. The van der Waals surface area contributed by atoms with Crippen LogP contribution in [-0.2, 0) is 13.1 Å². The standard InChI is InChI=1S/C13H17ClN4/c1-3-18-9-16-17-13(18)8-15-10(2)11-4-6-12(14)7-5-11/h4-7,9-10,15H,3,8H2,1-2H3. The minimum Gasteiger partial charge on any atom is -0.317 e. The molecule has 1 aromatic carbocycles. The first-order valence-electron chi connectivity index (χ1n) is 6.06. The van der Waals surface area contributed by atoms with Crippen molar-refractivity contribution in [1.82, 2.24) is 20.1 Å². The fraction of sp³-hybridized carbons (Fsp3) is 0.385. The summed E-state index contributed by atoms with van der Waals surface area (Å²) >= 11 is 5.87. The summed E-state index contributed by atoms with van der Waals surface area (Å²) in [5, 5.41) is 12.2. The summed E-state index contributed by atoms with van der Waals surface area (Å²) in [6.07, 6.45) is 1.75. The van der Waals surface area contributed by atoms with E-state index in [0.717, 1.165) is 17.4 Å². The van der Waals surface area contributed by atoms with Crippen molar-refractivity contribution in [3.05, 3.63) is 47.0 Å². The maximum Gasteiger partial charge on any atom is 0.146 e. The number of hydrogen-bond acceptors (Lipinski definition) is 3. The molecule has 0 fully saturated rings. The molecule has 5 heteroatoms. The van der Waals surface area contributed by atoms with E-state index in [2.05, 4.69) is 29.4 Å². The number of benzene rings is 1. The van der Waals surface area contributed by atoms with E-state index in [1.165, 1.54) is 5.56 Å². The van der Waals surface area contributed by atoms with Crippen molar-refractivity contribution in [2.24, 2.45) is 0 Å². The van der Waals surface area contributed by atoms with E-state index in [1.54, 1.807) is 6.33 Å². The van der Waals surface area contributed by atoms with Gasteiger partial charge >= 0.3 is 0 Å². The lowest BCUT2D eigenvalue weighted by Gasteiger charge is -2.14. The van der Waals surface area contributed by atoms with Gasteiger partial charge in [0.25, 0.3) is 0 Å². The minimum absolute atomic E-state index is 0.254. The van der Waals surface area contributed by atoms with Crippen molar-refractivity contribution in [3.63, 3.8) is 0 Å². The van der Waals surface area contributed by atoms with Crippen LogP contribution in [0.2, 0.25) is 5.02 Å². The molecular formula is C13H17ClN4. The van der Waals surface area contributed by atoms with Gasteiger partial charge in [-0.15, -0.1) is 10.2 Å². The van der Waals surface area contributed by atoms with Gasteiger partial charge in [-0.2, -0.15) is 0 Å². The van der Waals surface area contributed by atoms with E-state index in [9.17, 15) is 0 Å². The van der Waals surface area contributed by atoms with Gasteiger partial charge in [-0.1, -0.05) is 23.7 Å². The van der Waals surface area contributed by atoms with Gasteiger partial charge < -0.3 is 9.88 Å². The third-order valence-electron chi connectivity index (χ3n) is 2.97. The lowest BCUT2D eigenvalue weighted by molar-refractivity contribution is 0.539. The van der Waals surface area contributed by atoms with Crippen LogP contribution >= 0.6 is 11.6 Å². The van der Waals surface area contributed by atoms with Gasteiger partial charge in [-0.05, 0) is 31.5 Å². The molecule has 2 aromatic rings. The molecule has 1 aromatic heterocycles. The molecule has 0 aliphatic rings. The largest absolute Gasteiger partial charge is 0.317 e. The number of rotatable bonds is 5. The molecule has 18 heavy (non-hydrogen) atoms. The average molecular weight is 265 g/mol. The van der Waals surface area contributed by atoms with E-state index in [-0.39, 0.29) is 6.04 Å². The van der Waals surface area contributed by atoms with Gasteiger partial charge in [0.15, 0.2) is 0 Å². The number of aromatic nitrogens is 3. The predicted octanol–water partition coefficient (Wildman–Crippen LogP) is 2.80. The number of aryl methyl sites for hydroxylation is 1. The molecule has 0 radical (unpaired) electrons. The van der Waals surface area contributed by atoms with Crippen molar-refractivity contribution in [2.75, 3.05) is 0 Å². The normalized spacial score (nSPS) is 12.6. The lowest BCUT2D eigenvalue weighted by atomic mass is 10.1. The molecule has 0 saturated heterocycles. The molecule has 4 nitrogen and oxygen atoms in total. The minimum atomic E-state index is 0.254. The van der Waals surface area contributed by atoms with Crippen LogP contribution in [0.4, 0.5) is 0 Å². The Morgan fingerprint density at radius 1 is 1.33 bits per heavy atom. The zero-order valence-corrected chi connectivity index (χ0v) is 11.4. The topological polar surface area (TPSA) is 42.7 Å². The van der Waals surface area contributed by atoms with E-state index in [0.29, 0.717) is 6.54 Å². The Kier molecular flexibility index (Phi) is 4.33. The molecule has 0 aliphatic carbocycles. The fourth-order valence-corrected chi connectivity index (χ4v) is 1.92. The highest BCUT2D eigenvalue weighted by molar-refractivity contribution is 6.30. The number of hydrogen-bond donors (Lipinski definition) is 1. The highest BCUT2D eigenvalue weighted by atomic mass is 35.5. The Balaban J connectivity index is 1.96. The summed E-state index contributed by atoms with van der Waals surface area (Å²) in [5.74, 6) is 0.957. The molecule has 96 valence electrons. The number of nitrogens with one attached hydrogen (secondary N) is 1. The zero-order valence-electron chi connectivity index (χ0n) is 10.6. The van der Waals surface area contributed by atoms with E-state index >= 15 is 0 Å². The van der Waals surface area contributed by atoms with Crippen LogP contribution in [-0.4, -0.2) is 14.8 Å². The first kappa shape index (κ1) is 13.1. The van der Waals surface area contributed by atoms with Crippen LogP contribution in [0.15, 0.2) is 30.6 Å². The molecule has 0 spiro atoms. The second kappa shape index (κ2) is 5.98. The second-order valence-electron chi connectivity index (χ2n) is 4.19. The van der Waals surface area contributed by atoms with Crippen LogP contribution in [0.25, 0.3) is 0 Å². The SMILES string of the molecule is CCn1cnnc1CNC(C)c1ccc(Cl)cc1. The molecule has 0 aliphatic heterocycles. The molecular weight excluding hydrogens is 248 g/mol. The van der Waals surface area contributed by atoms with Crippen molar-refractivity contribution in [2.45, 2.75) is 33.0 Å². The summed E-state index contributed by atoms with van der Waals surface area (Å²) in [6.45, 7) is 5.79. The van der Waals surface area contributed by atoms with Gasteiger partial charge in [0.2, 0.25) is 0 Å². The van der Waals surface area contributed by atoms with Crippen molar-refractivity contribution >= 4 is 11.6 Å². The summed E-state index contributed by atoms with van der Waals surface area (Å²) in [7, 11) is 0. The first-order chi connectivity index (χ1) is 8.70. The highest BCUT2D eigenvalue weighted by Crippen LogP contribution is 2.16. The predicted molar refractivity (Wildman–Crippen MR) is 72.4 cm³/mol. The number of halogens is 1. The molecule has 2 rings (SSSR count). The smallest absolute Gasteiger partial charge is 0.146 e. The van der Waals surface area contributed by atoms with Crippen LogP contribution in [0.1, 0.15) is 31.3 Å². The summed E-state index contributed by atoms with van der Waals surface area (Å²) in [6, 6.07) is 8.13. The molecule has 0 amide bonds. The van der Waals surface area contributed by atoms with Gasteiger partial charge in [0.1, 0.15) is 12.2 Å². The Morgan fingerprint density at radius 2 is 2.06 bits per heavy atom. The van der Waals surface area contributed by atoms with Gasteiger partial charge in [0, 0.05) is 17.6 Å². The fourth-order valence-electron chi connectivity index (χ4n) is 1.79. The van der Waals surface area contributed by atoms with Crippen LogP contribution in [0, 0.1) is 0 Å². The molecule has 0 bridgehead atoms. The van der Waals surface area contributed by atoms with Crippen molar-refractivity contribution < 1.29 is 0 Å². The number of nitrogens with zero attached hydrogens (tertiary/aromatic N) is 3. The molecule has 1 N–H and O–H groups in total. The van der Waals surface area contributed by atoms with E-state index in [1.807, 2.05) is 28.8 Å². The third-order valence-corrected chi connectivity index (χ3v) is 3.22. The maximum absolute atomic E-state index is 5.87. The lowest BCUT2D eigenvalue weighted by Crippen LogP contribution is -2.20. The van der Waals surface area contributed by atoms with Crippen LogP contribution < -0.4 is 5.32 Å². The van der Waals surface area contributed by atoms with E-state index < -0.39 is 0 Å². The van der Waals surface area contributed by atoms with Crippen LogP contribution in [0.3, 0.4) is 0 Å². The third kappa shape index (κ3) is 3.09. The van der Waals surface area contributed by atoms with Crippen LogP contribution in [0.5, 0.6) is 0 Å². The van der Waals surface area contributed by atoms with Crippen molar-refractivity contribution in [3.8, 4) is 0 Å². The summed E-state index contributed by atoms with van der Waals surface area (Å²) in [4.78, 5) is 0. The monoisotopic (exact) mass is 264 g/mol. The summed E-state index contributed by atoms with van der Waals surface area (Å²) < 4.78 is 2.03. The Bertz CT molecular complexity index is 492. The second-order valence-corrected chi connectivity index (χ2v) is 4.62.